The highest BCUT2D eigenvalue weighted by Crippen LogP contribution is 2.38. The van der Waals surface area contributed by atoms with Crippen LogP contribution in [0.1, 0.15) is 77.3 Å². The average molecular weight is 541 g/mol. The SMILES string of the molecule is CC1(C)CC(=O)C(C(CCC(=NCc2ccccc2)C2=C(O)CC(C)(C)CC2=O)=NCc2ccccc2)=C(O)C1. The van der Waals surface area contributed by atoms with Crippen molar-refractivity contribution in [2.24, 2.45) is 20.8 Å². The Kier molecular flexibility index (Phi) is 8.87. The van der Waals surface area contributed by atoms with Crippen molar-refractivity contribution in [3.8, 4) is 0 Å². The Balaban J connectivity index is 1.70. The van der Waals surface area contributed by atoms with Gasteiger partial charge in [-0.15, -0.1) is 0 Å². The third kappa shape index (κ3) is 7.44. The summed E-state index contributed by atoms with van der Waals surface area (Å²) in [6.45, 7) is 8.61. The largest absolute Gasteiger partial charge is 0.511 e. The number of aliphatic hydroxyl groups excluding tert-OH is 2. The van der Waals surface area contributed by atoms with Gasteiger partial charge in [-0.2, -0.15) is 0 Å². The molecule has 2 N–H and O–H groups in total. The van der Waals surface area contributed by atoms with Crippen molar-refractivity contribution in [1.82, 2.24) is 0 Å². The molecule has 0 heterocycles. The zero-order valence-corrected chi connectivity index (χ0v) is 24.0. The third-order valence-corrected chi connectivity index (χ3v) is 7.47. The second kappa shape index (κ2) is 12.2. The molecular weight excluding hydrogens is 500 g/mol. The number of benzene rings is 2. The Morgan fingerprint density at radius 1 is 0.625 bits per heavy atom. The van der Waals surface area contributed by atoms with E-state index in [4.69, 9.17) is 9.98 Å². The van der Waals surface area contributed by atoms with Gasteiger partial charge < -0.3 is 10.2 Å². The van der Waals surface area contributed by atoms with Crippen LogP contribution in [0.4, 0.5) is 0 Å². The quantitative estimate of drug-likeness (QED) is 0.323. The summed E-state index contributed by atoms with van der Waals surface area (Å²) in [4.78, 5) is 36.2. The van der Waals surface area contributed by atoms with E-state index in [1.807, 2.05) is 88.4 Å². The molecule has 0 unspecified atom stereocenters. The van der Waals surface area contributed by atoms with E-state index >= 15 is 0 Å². The minimum absolute atomic E-state index is 0.0633. The summed E-state index contributed by atoms with van der Waals surface area (Å²) in [6, 6.07) is 19.5. The van der Waals surface area contributed by atoms with E-state index in [0.29, 0.717) is 63.0 Å². The van der Waals surface area contributed by atoms with E-state index in [2.05, 4.69) is 0 Å². The average Bonchev–Trinajstić information content (AvgIpc) is 2.86. The smallest absolute Gasteiger partial charge is 0.168 e. The van der Waals surface area contributed by atoms with E-state index in [1.54, 1.807) is 0 Å². The predicted octanol–water partition coefficient (Wildman–Crippen LogP) is 7.45. The zero-order chi connectivity index (χ0) is 28.9. The first kappa shape index (κ1) is 29.2. The molecule has 6 nitrogen and oxygen atoms in total. The summed E-state index contributed by atoms with van der Waals surface area (Å²) in [5.41, 5.74) is 2.93. The van der Waals surface area contributed by atoms with Crippen molar-refractivity contribution in [2.75, 3.05) is 0 Å². The minimum Gasteiger partial charge on any atom is -0.511 e. The molecule has 2 aliphatic rings. The van der Waals surface area contributed by atoms with Crippen LogP contribution in [0, 0.1) is 10.8 Å². The summed E-state index contributed by atoms with van der Waals surface area (Å²) in [5, 5.41) is 22.0. The van der Waals surface area contributed by atoms with Crippen molar-refractivity contribution < 1.29 is 19.8 Å². The van der Waals surface area contributed by atoms with Crippen molar-refractivity contribution >= 4 is 23.0 Å². The van der Waals surface area contributed by atoms with Crippen molar-refractivity contribution in [3.63, 3.8) is 0 Å². The fourth-order valence-electron chi connectivity index (χ4n) is 5.57. The molecule has 0 fully saturated rings. The number of Topliss-reactive ketones (excluding diaryl/α,β-unsaturated/α-hetero) is 2. The summed E-state index contributed by atoms with van der Waals surface area (Å²) in [5.74, 6) is -0.122. The molecule has 0 atom stereocenters. The van der Waals surface area contributed by atoms with E-state index in [1.165, 1.54) is 0 Å². The van der Waals surface area contributed by atoms with Crippen LogP contribution in [0.15, 0.2) is 93.3 Å². The van der Waals surface area contributed by atoms with Gasteiger partial charge in [0.05, 0.1) is 24.2 Å². The fraction of sp³-hybridized carbons (Fsp3) is 0.412. The third-order valence-electron chi connectivity index (χ3n) is 7.47. The molecule has 210 valence electrons. The number of rotatable bonds is 9. The number of nitrogens with zero attached hydrogens (tertiary/aromatic N) is 2. The van der Waals surface area contributed by atoms with Crippen LogP contribution in [-0.4, -0.2) is 33.2 Å². The number of carbonyl (C=O) groups excluding carboxylic acids is 2. The Morgan fingerprint density at radius 2 is 0.975 bits per heavy atom. The minimum atomic E-state index is -0.324. The molecule has 2 aromatic rings. The number of carbonyl (C=O) groups is 2. The molecule has 0 aliphatic heterocycles. The Bertz CT molecular complexity index is 1270. The first-order valence-corrected chi connectivity index (χ1v) is 14.0. The molecule has 4 rings (SSSR count). The molecule has 0 bridgehead atoms. The summed E-state index contributed by atoms with van der Waals surface area (Å²) in [6.07, 6.45) is 2.05. The van der Waals surface area contributed by atoms with Crippen LogP contribution in [0.25, 0.3) is 0 Å². The topological polar surface area (TPSA) is 99.3 Å². The van der Waals surface area contributed by atoms with Gasteiger partial charge in [-0.25, -0.2) is 0 Å². The second-order valence-electron chi connectivity index (χ2n) is 12.5. The number of aliphatic imine (C=N–C) groups is 2. The molecule has 2 aliphatic carbocycles. The van der Waals surface area contributed by atoms with Gasteiger partial charge in [-0.3, -0.25) is 19.6 Å². The molecule has 6 heteroatoms. The van der Waals surface area contributed by atoms with Crippen LogP contribution in [-0.2, 0) is 22.7 Å². The normalized spacial score (nSPS) is 19.8. The van der Waals surface area contributed by atoms with E-state index in [-0.39, 0.29) is 45.1 Å². The van der Waals surface area contributed by atoms with Gasteiger partial charge in [0.25, 0.3) is 0 Å². The van der Waals surface area contributed by atoms with Gasteiger partial charge in [-0.05, 0) is 34.8 Å². The lowest BCUT2D eigenvalue weighted by atomic mass is 9.74. The zero-order valence-electron chi connectivity index (χ0n) is 24.0. The lowest BCUT2D eigenvalue weighted by molar-refractivity contribution is -0.118. The highest BCUT2D eigenvalue weighted by molar-refractivity contribution is 6.26. The highest BCUT2D eigenvalue weighted by atomic mass is 16.3. The number of ketones is 2. The van der Waals surface area contributed by atoms with Crippen LogP contribution >= 0.6 is 0 Å². The molecule has 40 heavy (non-hydrogen) atoms. The van der Waals surface area contributed by atoms with Crippen LogP contribution < -0.4 is 0 Å². The van der Waals surface area contributed by atoms with E-state index < -0.39 is 0 Å². The maximum atomic E-state index is 13.3. The van der Waals surface area contributed by atoms with Crippen LogP contribution in [0.2, 0.25) is 0 Å². The van der Waals surface area contributed by atoms with Gasteiger partial charge in [0.15, 0.2) is 11.6 Å². The summed E-state index contributed by atoms with van der Waals surface area (Å²) >= 11 is 0. The summed E-state index contributed by atoms with van der Waals surface area (Å²) in [7, 11) is 0. The molecule has 0 saturated carbocycles. The van der Waals surface area contributed by atoms with Gasteiger partial charge in [0, 0.05) is 37.1 Å². The van der Waals surface area contributed by atoms with Crippen LogP contribution in [0.3, 0.4) is 0 Å². The number of allylic oxidation sites excluding steroid dienone is 4. The predicted molar refractivity (Wildman–Crippen MR) is 160 cm³/mol. The monoisotopic (exact) mass is 540 g/mol. The standard InChI is InChI=1S/C34H40N2O4/c1-33(2)17-27(37)31(28(38)18-33)25(35-21-23-11-7-5-8-12-23)15-16-26(36-22-24-13-9-6-10-14-24)32-29(39)19-34(3,4)20-30(32)40/h5-14,37,39H,15-22H2,1-4H3. The number of hydrogen-bond donors (Lipinski definition) is 2. The van der Waals surface area contributed by atoms with E-state index in [0.717, 1.165) is 11.1 Å². The maximum Gasteiger partial charge on any atom is 0.168 e. The fourth-order valence-corrected chi connectivity index (χ4v) is 5.57. The molecule has 0 saturated heterocycles. The maximum absolute atomic E-state index is 13.3. The molecule has 0 aromatic heterocycles. The Labute approximate surface area is 237 Å². The van der Waals surface area contributed by atoms with E-state index in [9.17, 15) is 19.8 Å². The second-order valence-corrected chi connectivity index (χ2v) is 12.5. The van der Waals surface area contributed by atoms with Gasteiger partial charge >= 0.3 is 0 Å². The molecule has 2 aromatic carbocycles. The number of aliphatic hydroxyl groups is 2. The first-order valence-electron chi connectivity index (χ1n) is 14.0. The van der Waals surface area contributed by atoms with Crippen molar-refractivity contribution in [2.45, 2.75) is 79.3 Å². The van der Waals surface area contributed by atoms with Crippen LogP contribution in [0.5, 0.6) is 0 Å². The molecule has 0 amide bonds. The lowest BCUT2D eigenvalue weighted by Gasteiger charge is -2.31. The molecule has 0 radical (unpaired) electrons. The molecule has 0 spiro atoms. The van der Waals surface area contributed by atoms with Gasteiger partial charge in [0.2, 0.25) is 0 Å². The Hall–Kier alpha value is -3.80. The highest BCUT2D eigenvalue weighted by Gasteiger charge is 2.37. The van der Waals surface area contributed by atoms with Crippen molar-refractivity contribution in [1.29, 1.82) is 0 Å². The van der Waals surface area contributed by atoms with Gasteiger partial charge in [0.1, 0.15) is 11.5 Å². The Morgan fingerprint density at radius 3 is 1.30 bits per heavy atom. The van der Waals surface area contributed by atoms with Gasteiger partial charge in [-0.1, -0.05) is 88.4 Å². The summed E-state index contributed by atoms with van der Waals surface area (Å²) < 4.78 is 0. The number of hydrogen-bond acceptors (Lipinski definition) is 6. The molecular formula is C34H40N2O4. The van der Waals surface area contributed by atoms with Crippen molar-refractivity contribution in [3.05, 3.63) is 94.5 Å². The lowest BCUT2D eigenvalue weighted by Crippen LogP contribution is -2.31. The first-order chi connectivity index (χ1) is 18.9.